The van der Waals surface area contributed by atoms with Crippen LogP contribution in [0.2, 0.25) is 0 Å². The fourth-order valence-corrected chi connectivity index (χ4v) is 5.59. The molecule has 0 aromatic heterocycles. The number of aliphatic carboxylic acids is 9. The minimum absolute atomic E-state index is 0.0686. The smallest absolute Gasteiger partial charge is 0.348 e. The lowest BCUT2D eigenvalue weighted by molar-refractivity contribution is -0.180. The molecule has 0 aromatic carbocycles. The quantitative estimate of drug-likeness (QED) is 0.0219. The summed E-state index contributed by atoms with van der Waals surface area (Å²) in [4.78, 5) is 152. The normalized spacial score (nSPS) is 12.1. The fourth-order valence-electron chi connectivity index (χ4n) is 5.59. The molecule has 28 heteroatoms. The lowest BCUT2D eigenvalue weighted by atomic mass is 10.1. The minimum Gasteiger partial charge on any atom is -0.481 e. The number of hydrogen-bond donors (Lipinski definition) is 9. The van der Waals surface area contributed by atoms with Crippen LogP contribution in [0, 0.1) is 0 Å². The average Bonchev–Trinajstić information content (AvgIpc) is 3.30. The third-order valence-corrected chi connectivity index (χ3v) is 9.43. The molecule has 28 nitrogen and oxygen atoms in total. The van der Waals surface area contributed by atoms with Crippen LogP contribution in [0.15, 0.2) is 0 Å². The fraction of sp³-hybridized carbons (Fsp3) is 0.708. The van der Waals surface area contributed by atoms with Gasteiger partial charge >= 0.3 is 83.6 Å². The predicted octanol–water partition coefficient (Wildman–Crippen LogP) is 5.10. The third kappa shape index (κ3) is 48.8. The summed E-state index contributed by atoms with van der Waals surface area (Å²) < 4.78 is 22.8. The second kappa shape index (κ2) is 47.3. The Morgan fingerprint density at radius 2 is 0.474 bits per heavy atom. The second-order valence-electron chi connectivity index (χ2n) is 16.4. The molecule has 0 spiro atoms. The SMILES string of the molecule is CCCC(=O)OC(CC(=O)O)C(=O)OC(CC(=O)O)C(=O)O.CCCCCC(=O)OC(CC(=O)O)C(=O)O.CCCCCCCC(=O)OC(CC(=O)O)C(=O)O.CCCCCCCCCC(=O)OC(CC(=O)O)C(=O)O. The van der Waals surface area contributed by atoms with Gasteiger partial charge in [0.15, 0.2) is 0 Å². The Hall–Kier alpha value is -7.42. The molecule has 0 saturated heterocycles. The van der Waals surface area contributed by atoms with Crippen molar-refractivity contribution in [3.05, 3.63) is 0 Å². The van der Waals surface area contributed by atoms with Crippen molar-refractivity contribution in [3.8, 4) is 0 Å². The van der Waals surface area contributed by atoms with Gasteiger partial charge in [0, 0.05) is 25.7 Å². The van der Waals surface area contributed by atoms with Crippen molar-refractivity contribution >= 4 is 83.6 Å². The van der Waals surface area contributed by atoms with Gasteiger partial charge in [0.05, 0.1) is 32.1 Å². The maximum atomic E-state index is 11.7. The van der Waals surface area contributed by atoms with Crippen LogP contribution in [0.5, 0.6) is 0 Å². The van der Waals surface area contributed by atoms with E-state index in [9.17, 15) is 67.1 Å². The number of esters is 5. The van der Waals surface area contributed by atoms with Crippen molar-refractivity contribution in [2.75, 3.05) is 0 Å². The van der Waals surface area contributed by atoms with Gasteiger partial charge in [-0.3, -0.25) is 43.2 Å². The van der Waals surface area contributed by atoms with Crippen LogP contribution < -0.4 is 0 Å². The van der Waals surface area contributed by atoms with Gasteiger partial charge in [0.25, 0.3) is 0 Å². The molecule has 9 N–H and O–H groups in total. The molecular formula is C48H76O28. The van der Waals surface area contributed by atoms with E-state index in [1.165, 1.54) is 19.3 Å². The third-order valence-electron chi connectivity index (χ3n) is 9.43. The van der Waals surface area contributed by atoms with E-state index >= 15 is 0 Å². The summed E-state index contributed by atoms with van der Waals surface area (Å²) in [7, 11) is 0. The van der Waals surface area contributed by atoms with Crippen LogP contribution in [0.4, 0.5) is 0 Å². The molecule has 0 radical (unpaired) electrons. The highest BCUT2D eigenvalue weighted by Gasteiger charge is 2.33. The van der Waals surface area contributed by atoms with Crippen LogP contribution in [0.3, 0.4) is 0 Å². The number of rotatable bonds is 40. The van der Waals surface area contributed by atoms with Crippen LogP contribution >= 0.6 is 0 Å². The zero-order valence-corrected chi connectivity index (χ0v) is 43.3. The van der Waals surface area contributed by atoms with Crippen molar-refractivity contribution in [2.24, 2.45) is 0 Å². The summed E-state index contributed by atoms with van der Waals surface area (Å²) in [5.41, 5.74) is 0. The van der Waals surface area contributed by atoms with Crippen LogP contribution in [0.25, 0.3) is 0 Å². The van der Waals surface area contributed by atoms with Gasteiger partial charge in [-0.1, -0.05) is 105 Å². The van der Waals surface area contributed by atoms with Crippen molar-refractivity contribution in [1.82, 2.24) is 0 Å². The molecule has 0 rings (SSSR count). The molecule has 0 amide bonds. The van der Waals surface area contributed by atoms with Gasteiger partial charge in [0.2, 0.25) is 30.5 Å². The Kier molecular flexibility index (Phi) is 46.7. The van der Waals surface area contributed by atoms with E-state index < -0.39 is 146 Å². The van der Waals surface area contributed by atoms with E-state index in [1.807, 2.05) is 6.92 Å². The maximum Gasteiger partial charge on any atom is 0.348 e. The van der Waals surface area contributed by atoms with Gasteiger partial charge < -0.3 is 69.6 Å². The predicted molar refractivity (Wildman–Crippen MR) is 256 cm³/mol. The summed E-state index contributed by atoms with van der Waals surface area (Å²) in [6.45, 7) is 7.85. The molecule has 0 aliphatic heterocycles. The van der Waals surface area contributed by atoms with Crippen LogP contribution in [0.1, 0.15) is 188 Å². The van der Waals surface area contributed by atoms with Crippen molar-refractivity contribution in [1.29, 1.82) is 0 Å². The summed E-state index contributed by atoms with van der Waals surface area (Å²) >= 11 is 0. The number of carbonyl (C=O) groups is 14. The van der Waals surface area contributed by atoms with Gasteiger partial charge in [-0.25, -0.2) is 24.0 Å². The van der Waals surface area contributed by atoms with Crippen molar-refractivity contribution in [2.45, 2.75) is 219 Å². The van der Waals surface area contributed by atoms with Gasteiger partial charge in [-0.15, -0.1) is 0 Å². The number of hydrogen-bond acceptors (Lipinski definition) is 19. The lowest BCUT2D eigenvalue weighted by Gasteiger charge is -2.18. The summed E-state index contributed by atoms with van der Waals surface area (Å²) in [5.74, 6) is -17.2. The summed E-state index contributed by atoms with van der Waals surface area (Å²) in [6, 6.07) is 0. The Labute approximate surface area is 438 Å². The average molecular weight is 1100 g/mol. The van der Waals surface area contributed by atoms with E-state index in [4.69, 9.17) is 46.0 Å². The molecule has 0 heterocycles. The molecule has 0 aliphatic carbocycles. The maximum absolute atomic E-state index is 11.7. The second-order valence-corrected chi connectivity index (χ2v) is 16.4. The highest BCUT2D eigenvalue weighted by Crippen LogP contribution is 2.13. The van der Waals surface area contributed by atoms with Gasteiger partial charge in [-0.2, -0.15) is 0 Å². The largest absolute Gasteiger partial charge is 0.481 e. The summed E-state index contributed by atoms with van der Waals surface area (Å²) in [5, 5.41) is 77.3. The lowest BCUT2D eigenvalue weighted by Crippen LogP contribution is -2.37. The van der Waals surface area contributed by atoms with E-state index in [-0.39, 0.29) is 25.7 Å². The number of carboxylic acid groups (broad SMARTS) is 9. The molecule has 0 saturated carbocycles. The Morgan fingerprint density at radius 1 is 0.263 bits per heavy atom. The van der Waals surface area contributed by atoms with Gasteiger partial charge in [-0.05, 0) is 25.7 Å². The number of ether oxygens (including phenoxy) is 5. The van der Waals surface area contributed by atoms with Crippen LogP contribution in [-0.2, 0) is 90.8 Å². The zero-order valence-electron chi connectivity index (χ0n) is 43.3. The number of unbranched alkanes of at least 4 members (excludes halogenated alkanes) is 12. The molecule has 5 unspecified atom stereocenters. The highest BCUT2D eigenvalue weighted by molar-refractivity contribution is 5.88. The first kappa shape index (κ1) is 75.1. The standard InChI is InChI=1S/C14H24O6.C12H16O10.C12H20O6.C10H16O6/c1-2-3-4-5-6-7-8-9-13(17)20-11(14(18)19)10-12(15)16;1-2-3-10(17)21-7(5-9(15)16)12(20)22-6(11(18)19)4-8(13)14;1-2-3-4-5-6-7-11(15)18-9(12(16)17)8-10(13)14;1-2-3-4-5-9(13)16-7(10(14)15)6-8(11)12/h11H,2-10H2,1H3,(H,15,16)(H,18,19);6-7H,2-5H2,1H3,(H,13,14)(H,15,16)(H,18,19);9H,2-8H2,1H3,(H,13,14)(H,16,17);7H,2-6H2,1H3,(H,11,12)(H,14,15). The Morgan fingerprint density at radius 3 is 0.737 bits per heavy atom. The first-order valence-electron chi connectivity index (χ1n) is 24.6. The molecule has 76 heavy (non-hydrogen) atoms. The van der Waals surface area contributed by atoms with Crippen LogP contribution in [-0.4, -0.2) is 160 Å². The number of carbonyl (C=O) groups excluding carboxylic acids is 5. The van der Waals surface area contributed by atoms with E-state index in [0.29, 0.717) is 25.7 Å². The zero-order chi connectivity index (χ0) is 59.2. The minimum atomic E-state index is -2.01. The van der Waals surface area contributed by atoms with E-state index in [2.05, 4.69) is 37.5 Å². The first-order valence-corrected chi connectivity index (χ1v) is 24.6. The number of carboxylic acids is 9. The molecule has 0 aliphatic rings. The molecule has 0 bridgehead atoms. The highest BCUT2D eigenvalue weighted by atomic mass is 16.6. The van der Waals surface area contributed by atoms with E-state index in [0.717, 1.165) is 57.8 Å². The first-order chi connectivity index (χ1) is 35.6. The molecule has 5 atom stereocenters. The molecular weight excluding hydrogens is 1020 g/mol. The van der Waals surface area contributed by atoms with E-state index in [1.54, 1.807) is 6.92 Å². The topological polar surface area (TPSA) is 467 Å². The molecule has 0 aromatic rings. The Balaban J connectivity index is -0.000000458. The van der Waals surface area contributed by atoms with Crippen molar-refractivity contribution < 1.29 is 137 Å². The monoisotopic (exact) mass is 1100 g/mol. The molecule has 0 fully saturated rings. The van der Waals surface area contributed by atoms with Crippen molar-refractivity contribution in [3.63, 3.8) is 0 Å². The summed E-state index contributed by atoms with van der Waals surface area (Å²) in [6.07, 6.45) is 2.52. The molecule has 436 valence electrons. The Bertz CT molecular complexity index is 1830. The van der Waals surface area contributed by atoms with Gasteiger partial charge in [0.1, 0.15) is 0 Å².